The number of carbonyl (C=O) groups excluding carboxylic acids is 1. The lowest BCUT2D eigenvalue weighted by molar-refractivity contribution is -0.136. The summed E-state index contributed by atoms with van der Waals surface area (Å²) in [6.07, 6.45) is -4.56. The zero-order valence-electron chi connectivity index (χ0n) is 17.5. The smallest absolute Gasteiger partial charge is 0.369 e. The fourth-order valence-corrected chi connectivity index (χ4v) is 5.38. The molecule has 1 aliphatic rings. The minimum absolute atomic E-state index is 0.0490. The third kappa shape index (κ3) is 5.54. The average molecular weight is 481 g/mol. The Morgan fingerprint density at radius 1 is 1.16 bits per heavy atom. The molecule has 32 heavy (non-hydrogen) atoms. The number of fused-ring (bicyclic) bond motifs is 1. The highest BCUT2D eigenvalue weighted by atomic mass is 32.2. The Balaban J connectivity index is 1.39. The van der Waals surface area contributed by atoms with Crippen LogP contribution in [0, 0.1) is 0 Å². The predicted octanol–water partition coefficient (Wildman–Crippen LogP) is 4.94. The van der Waals surface area contributed by atoms with E-state index < -0.39 is 17.6 Å². The van der Waals surface area contributed by atoms with Crippen molar-refractivity contribution >= 4 is 50.6 Å². The molecule has 0 unspecified atom stereocenters. The molecule has 1 aromatic heterocycles. The molecule has 0 bridgehead atoms. The molecule has 1 amide bonds. The van der Waals surface area contributed by atoms with Gasteiger partial charge in [-0.05, 0) is 37.4 Å². The Morgan fingerprint density at radius 3 is 2.62 bits per heavy atom. The van der Waals surface area contributed by atoms with Gasteiger partial charge in [0.15, 0.2) is 0 Å². The molecule has 2 heterocycles. The Labute approximate surface area is 192 Å². The number of anilines is 2. The fourth-order valence-electron chi connectivity index (χ4n) is 3.54. The molecule has 2 aromatic carbocycles. The summed E-state index contributed by atoms with van der Waals surface area (Å²) in [6.45, 7) is 2.93. The number of piperazine rings is 1. The first kappa shape index (κ1) is 22.9. The van der Waals surface area contributed by atoms with Crippen LogP contribution in [0.4, 0.5) is 24.5 Å². The van der Waals surface area contributed by atoms with Crippen molar-refractivity contribution < 1.29 is 18.0 Å². The van der Waals surface area contributed by atoms with E-state index in [2.05, 4.69) is 15.2 Å². The lowest BCUT2D eigenvalue weighted by Crippen LogP contribution is -2.44. The van der Waals surface area contributed by atoms with Crippen LogP contribution in [-0.2, 0) is 16.7 Å². The summed E-state index contributed by atoms with van der Waals surface area (Å²) in [7, 11) is 1.99. The minimum atomic E-state index is -4.56. The van der Waals surface area contributed by atoms with Crippen molar-refractivity contribution in [1.29, 1.82) is 0 Å². The summed E-state index contributed by atoms with van der Waals surface area (Å²) in [5.74, 6) is 0.114. The second-order valence-electron chi connectivity index (χ2n) is 7.63. The number of hydrogen-bond donors (Lipinski definition) is 1. The number of para-hydroxylation sites is 1. The van der Waals surface area contributed by atoms with Crippen LogP contribution in [0.1, 0.15) is 10.6 Å². The normalized spacial score (nSPS) is 15.3. The number of thioether (sulfide) groups is 1. The Kier molecular flexibility index (Phi) is 6.92. The molecular formula is C22H23F3N4OS2. The fraction of sp³-hybridized carbons (Fsp3) is 0.364. The third-order valence-electron chi connectivity index (χ3n) is 5.25. The summed E-state index contributed by atoms with van der Waals surface area (Å²) in [4.78, 5) is 20.9. The second kappa shape index (κ2) is 9.68. The quantitative estimate of drug-likeness (QED) is 0.542. The number of alkyl halides is 3. The van der Waals surface area contributed by atoms with Crippen molar-refractivity contribution in [3.63, 3.8) is 0 Å². The van der Waals surface area contributed by atoms with E-state index >= 15 is 0 Å². The first-order valence-electron chi connectivity index (χ1n) is 10.2. The topological polar surface area (TPSA) is 48.5 Å². The van der Waals surface area contributed by atoms with Crippen LogP contribution in [-0.4, -0.2) is 54.8 Å². The van der Waals surface area contributed by atoms with E-state index in [9.17, 15) is 18.0 Å². The zero-order chi connectivity index (χ0) is 22.7. The van der Waals surface area contributed by atoms with Crippen LogP contribution in [0.2, 0.25) is 0 Å². The number of halogens is 3. The molecule has 1 aliphatic heterocycles. The maximum absolute atomic E-state index is 13.7. The van der Waals surface area contributed by atoms with Crippen molar-refractivity contribution in [1.82, 2.24) is 9.88 Å². The van der Waals surface area contributed by atoms with E-state index in [-0.39, 0.29) is 11.4 Å². The molecule has 1 N–H and O–H groups in total. The molecule has 1 saturated heterocycles. The summed E-state index contributed by atoms with van der Waals surface area (Å²) in [5, 5.41) is 3.33. The maximum Gasteiger partial charge on any atom is 0.418 e. The first-order chi connectivity index (χ1) is 15.3. The molecule has 10 heteroatoms. The lowest BCUT2D eigenvalue weighted by Gasteiger charge is -2.34. The number of hydrogen-bond acceptors (Lipinski definition) is 6. The Bertz CT molecular complexity index is 1060. The number of carbonyl (C=O) groups is 1. The van der Waals surface area contributed by atoms with E-state index in [4.69, 9.17) is 0 Å². The molecule has 5 nitrogen and oxygen atoms in total. The molecule has 0 spiro atoms. The van der Waals surface area contributed by atoms with Gasteiger partial charge in [0.05, 0.1) is 27.2 Å². The first-order valence-corrected chi connectivity index (χ1v) is 12.1. The minimum Gasteiger partial charge on any atom is -0.369 e. The molecule has 1 fully saturated rings. The van der Waals surface area contributed by atoms with Crippen molar-refractivity contribution in [3.05, 3.63) is 53.0 Å². The van der Waals surface area contributed by atoms with Crippen molar-refractivity contribution in [2.24, 2.45) is 0 Å². The molecule has 0 aliphatic carbocycles. The highest BCUT2D eigenvalue weighted by Crippen LogP contribution is 2.37. The van der Waals surface area contributed by atoms with Gasteiger partial charge >= 0.3 is 6.18 Å². The highest BCUT2D eigenvalue weighted by molar-refractivity contribution is 7.99. The highest BCUT2D eigenvalue weighted by Gasteiger charge is 2.35. The standard InChI is InChI=1S/C22H23F3N4OS2/c1-28-8-10-29(11-9-28)15-6-7-17(16(12-15)22(23,24)25)26-20(30)13-31-14-21-27-18-4-2-3-5-19(18)32-21/h2-7,12H,8-11,13-14H2,1H3,(H,26,30). The number of aromatic nitrogens is 1. The van der Waals surface area contributed by atoms with E-state index in [0.29, 0.717) is 24.5 Å². The van der Waals surface area contributed by atoms with Gasteiger partial charge in [0, 0.05) is 37.6 Å². The van der Waals surface area contributed by atoms with Crippen molar-refractivity contribution in [2.45, 2.75) is 11.9 Å². The van der Waals surface area contributed by atoms with Gasteiger partial charge in [-0.15, -0.1) is 23.1 Å². The number of thiazole rings is 1. The summed E-state index contributed by atoms with van der Waals surface area (Å²) < 4.78 is 42.1. The number of nitrogens with zero attached hydrogens (tertiary/aromatic N) is 3. The SMILES string of the molecule is CN1CCN(c2ccc(NC(=O)CSCc3nc4ccccc4s3)c(C(F)(F)F)c2)CC1. The monoisotopic (exact) mass is 480 g/mol. The molecule has 0 radical (unpaired) electrons. The third-order valence-corrected chi connectivity index (χ3v) is 7.41. The molecule has 170 valence electrons. The van der Waals surface area contributed by atoms with Gasteiger partial charge in [0.25, 0.3) is 0 Å². The van der Waals surface area contributed by atoms with E-state index in [1.165, 1.54) is 17.8 Å². The van der Waals surface area contributed by atoms with Gasteiger partial charge in [-0.3, -0.25) is 4.79 Å². The van der Waals surface area contributed by atoms with Crippen LogP contribution in [0.5, 0.6) is 0 Å². The van der Waals surface area contributed by atoms with Gasteiger partial charge in [0.2, 0.25) is 5.91 Å². The maximum atomic E-state index is 13.7. The molecule has 0 atom stereocenters. The summed E-state index contributed by atoms with van der Waals surface area (Å²) in [6, 6.07) is 11.9. The van der Waals surface area contributed by atoms with E-state index in [1.807, 2.05) is 36.2 Å². The largest absolute Gasteiger partial charge is 0.418 e. The van der Waals surface area contributed by atoms with Crippen LogP contribution in [0.3, 0.4) is 0 Å². The number of rotatable bonds is 6. The Hall–Kier alpha value is -2.30. The number of benzene rings is 2. The predicted molar refractivity (Wildman–Crippen MR) is 126 cm³/mol. The van der Waals surface area contributed by atoms with Gasteiger partial charge in [-0.2, -0.15) is 13.2 Å². The van der Waals surface area contributed by atoms with Crippen molar-refractivity contribution in [2.75, 3.05) is 49.2 Å². The molecule has 0 saturated carbocycles. The van der Waals surface area contributed by atoms with Crippen molar-refractivity contribution in [3.8, 4) is 0 Å². The number of likely N-dealkylation sites (N-methyl/N-ethyl adjacent to an activating group) is 1. The molecule has 3 aromatic rings. The Morgan fingerprint density at radius 2 is 1.91 bits per heavy atom. The van der Waals surface area contributed by atoms with Crippen LogP contribution in [0.25, 0.3) is 10.2 Å². The summed E-state index contributed by atoms with van der Waals surface area (Å²) in [5.41, 5.74) is 0.404. The van der Waals surface area contributed by atoms with Gasteiger partial charge in [-0.1, -0.05) is 12.1 Å². The second-order valence-corrected chi connectivity index (χ2v) is 9.74. The number of nitrogens with one attached hydrogen (secondary N) is 1. The average Bonchev–Trinajstić information content (AvgIpc) is 3.17. The molecular weight excluding hydrogens is 457 g/mol. The van der Waals surface area contributed by atoms with Crippen LogP contribution < -0.4 is 10.2 Å². The lowest BCUT2D eigenvalue weighted by atomic mass is 10.1. The van der Waals surface area contributed by atoms with Gasteiger partial charge < -0.3 is 15.1 Å². The summed E-state index contributed by atoms with van der Waals surface area (Å²) >= 11 is 2.88. The van der Waals surface area contributed by atoms with E-state index in [0.717, 1.165) is 34.4 Å². The van der Waals surface area contributed by atoms with Crippen LogP contribution >= 0.6 is 23.1 Å². The number of amides is 1. The van der Waals surface area contributed by atoms with E-state index in [1.54, 1.807) is 17.4 Å². The van der Waals surface area contributed by atoms with Gasteiger partial charge in [-0.25, -0.2) is 4.98 Å². The molecule has 4 rings (SSSR count). The van der Waals surface area contributed by atoms with Crippen LogP contribution in [0.15, 0.2) is 42.5 Å². The van der Waals surface area contributed by atoms with Gasteiger partial charge in [0.1, 0.15) is 5.01 Å². The zero-order valence-corrected chi connectivity index (χ0v) is 19.1.